The Morgan fingerprint density at radius 2 is 2.00 bits per heavy atom. The van der Waals surface area contributed by atoms with E-state index in [1.54, 1.807) is 6.20 Å². The van der Waals surface area contributed by atoms with Gasteiger partial charge in [-0.25, -0.2) is 13.4 Å². The lowest BCUT2D eigenvalue weighted by Gasteiger charge is -2.05. The Morgan fingerprint density at radius 3 is 2.53 bits per heavy atom. The predicted octanol–water partition coefficient (Wildman–Crippen LogP) is 2.95. The van der Waals surface area contributed by atoms with Gasteiger partial charge in [0.05, 0.1) is 12.3 Å². The third kappa shape index (κ3) is 4.81. The van der Waals surface area contributed by atoms with E-state index in [4.69, 9.17) is 11.6 Å². The van der Waals surface area contributed by atoms with Crippen molar-refractivity contribution in [1.82, 2.24) is 4.98 Å². The first kappa shape index (κ1) is 14.3. The van der Waals surface area contributed by atoms with Gasteiger partial charge in [-0.05, 0) is 17.7 Å². The van der Waals surface area contributed by atoms with E-state index in [1.807, 2.05) is 24.3 Å². The van der Waals surface area contributed by atoms with E-state index in [0.29, 0.717) is 11.0 Å². The maximum atomic E-state index is 11.2. The number of halogens is 1. The van der Waals surface area contributed by atoms with Crippen molar-refractivity contribution in [2.45, 2.75) is 12.3 Å². The van der Waals surface area contributed by atoms with Crippen molar-refractivity contribution in [2.24, 2.45) is 0 Å². The standard InChI is InChI=1S/C12H13ClN2O2S2/c1-19(16,17)8-9-2-4-10(5-3-9)14-6-11-7-15-12(13)18-11/h2-5,7,14H,6,8H2,1H3. The molecule has 0 aliphatic heterocycles. The van der Waals surface area contributed by atoms with Gasteiger partial charge in [-0.15, -0.1) is 11.3 Å². The minimum atomic E-state index is -2.98. The van der Waals surface area contributed by atoms with Crippen LogP contribution in [0, 0.1) is 0 Å². The predicted molar refractivity (Wildman–Crippen MR) is 79.4 cm³/mol. The number of aromatic nitrogens is 1. The molecule has 0 saturated heterocycles. The first-order valence-corrected chi connectivity index (χ1v) is 8.78. The van der Waals surface area contributed by atoms with Gasteiger partial charge >= 0.3 is 0 Å². The van der Waals surface area contributed by atoms with E-state index >= 15 is 0 Å². The van der Waals surface area contributed by atoms with Gasteiger partial charge in [0.25, 0.3) is 0 Å². The van der Waals surface area contributed by atoms with Crippen LogP contribution in [0.4, 0.5) is 5.69 Å². The molecule has 2 rings (SSSR count). The molecule has 0 atom stereocenters. The molecule has 0 saturated carbocycles. The second-order valence-corrected chi connectivity index (χ2v) is 8.04. The van der Waals surface area contributed by atoms with Crippen LogP contribution in [0.25, 0.3) is 0 Å². The lowest BCUT2D eigenvalue weighted by Crippen LogP contribution is -2.01. The minimum absolute atomic E-state index is 0.0672. The topological polar surface area (TPSA) is 59.1 Å². The number of thiazole rings is 1. The Hall–Kier alpha value is -1.11. The van der Waals surface area contributed by atoms with Crippen LogP contribution in [0.1, 0.15) is 10.4 Å². The number of rotatable bonds is 5. The highest BCUT2D eigenvalue weighted by Gasteiger charge is 2.04. The van der Waals surface area contributed by atoms with Gasteiger partial charge in [-0.3, -0.25) is 0 Å². The van der Waals surface area contributed by atoms with Crippen LogP contribution < -0.4 is 5.32 Å². The molecule has 0 amide bonds. The van der Waals surface area contributed by atoms with Crippen LogP contribution in [-0.2, 0) is 22.1 Å². The monoisotopic (exact) mass is 316 g/mol. The van der Waals surface area contributed by atoms with Crippen LogP contribution in [0.2, 0.25) is 4.47 Å². The first-order chi connectivity index (χ1) is 8.92. The highest BCUT2D eigenvalue weighted by molar-refractivity contribution is 7.89. The quantitative estimate of drug-likeness (QED) is 0.921. The zero-order valence-electron chi connectivity index (χ0n) is 10.3. The summed E-state index contributed by atoms with van der Waals surface area (Å²) >= 11 is 7.18. The molecule has 0 aliphatic carbocycles. The van der Waals surface area contributed by atoms with Crippen molar-refractivity contribution in [1.29, 1.82) is 0 Å². The fraction of sp³-hybridized carbons (Fsp3) is 0.250. The van der Waals surface area contributed by atoms with Crippen LogP contribution in [0.5, 0.6) is 0 Å². The number of anilines is 1. The largest absolute Gasteiger partial charge is 0.380 e. The zero-order valence-corrected chi connectivity index (χ0v) is 12.6. The van der Waals surface area contributed by atoms with E-state index in [-0.39, 0.29) is 5.75 Å². The van der Waals surface area contributed by atoms with Crippen LogP contribution >= 0.6 is 22.9 Å². The average molecular weight is 317 g/mol. The summed E-state index contributed by atoms with van der Waals surface area (Å²) in [5, 5.41) is 3.23. The molecule has 102 valence electrons. The normalized spacial score (nSPS) is 11.5. The number of sulfone groups is 1. The van der Waals surface area contributed by atoms with Gasteiger partial charge < -0.3 is 5.32 Å². The smallest absolute Gasteiger partial charge is 0.183 e. The Balaban J connectivity index is 1.95. The van der Waals surface area contributed by atoms with Crippen molar-refractivity contribution in [3.63, 3.8) is 0 Å². The third-order valence-corrected chi connectivity index (χ3v) is 4.35. The van der Waals surface area contributed by atoms with E-state index in [1.165, 1.54) is 17.6 Å². The summed E-state index contributed by atoms with van der Waals surface area (Å²) in [6.07, 6.45) is 2.96. The van der Waals surface area contributed by atoms with Gasteiger partial charge in [0, 0.05) is 23.0 Å². The maximum absolute atomic E-state index is 11.2. The molecule has 0 radical (unpaired) electrons. The number of hydrogen-bond donors (Lipinski definition) is 1. The van der Waals surface area contributed by atoms with Gasteiger partial charge in [-0.2, -0.15) is 0 Å². The van der Waals surface area contributed by atoms with E-state index < -0.39 is 9.84 Å². The fourth-order valence-corrected chi connectivity index (χ4v) is 3.29. The molecule has 0 aliphatic rings. The number of benzene rings is 1. The molecule has 0 bridgehead atoms. The molecule has 19 heavy (non-hydrogen) atoms. The van der Waals surface area contributed by atoms with E-state index in [2.05, 4.69) is 10.3 Å². The van der Waals surface area contributed by atoms with Crippen molar-refractivity contribution < 1.29 is 8.42 Å². The van der Waals surface area contributed by atoms with Crippen LogP contribution in [0.3, 0.4) is 0 Å². The Morgan fingerprint density at radius 1 is 1.32 bits per heavy atom. The van der Waals surface area contributed by atoms with Gasteiger partial charge in [0.15, 0.2) is 14.3 Å². The summed E-state index contributed by atoms with van der Waals surface area (Å²) in [7, 11) is -2.98. The minimum Gasteiger partial charge on any atom is -0.380 e. The second-order valence-electron chi connectivity index (χ2n) is 4.20. The van der Waals surface area contributed by atoms with Crippen molar-refractivity contribution >= 4 is 38.5 Å². The zero-order chi connectivity index (χ0) is 13.9. The molecule has 1 aromatic carbocycles. The number of nitrogens with zero attached hydrogens (tertiary/aromatic N) is 1. The molecule has 0 spiro atoms. The summed E-state index contributed by atoms with van der Waals surface area (Å²) in [5.74, 6) is 0.0672. The molecule has 7 heteroatoms. The van der Waals surface area contributed by atoms with Crippen molar-refractivity contribution in [3.05, 3.63) is 45.4 Å². The highest BCUT2D eigenvalue weighted by atomic mass is 35.5. The molecular weight excluding hydrogens is 304 g/mol. The van der Waals surface area contributed by atoms with Gasteiger partial charge in [0.1, 0.15) is 0 Å². The Bertz CT molecular complexity index is 651. The van der Waals surface area contributed by atoms with Crippen molar-refractivity contribution in [3.8, 4) is 0 Å². The molecule has 1 heterocycles. The summed E-state index contributed by atoms with van der Waals surface area (Å²) in [4.78, 5) is 5.01. The van der Waals surface area contributed by atoms with E-state index in [0.717, 1.165) is 16.1 Å². The van der Waals surface area contributed by atoms with Crippen molar-refractivity contribution in [2.75, 3.05) is 11.6 Å². The summed E-state index contributed by atoms with van der Waals surface area (Å²) in [5.41, 5.74) is 1.72. The third-order valence-electron chi connectivity index (χ3n) is 2.37. The SMILES string of the molecule is CS(=O)(=O)Cc1ccc(NCc2cnc(Cl)s2)cc1. The second kappa shape index (κ2) is 5.90. The summed E-state index contributed by atoms with van der Waals surface area (Å²) < 4.78 is 22.9. The Kier molecular flexibility index (Phi) is 4.44. The van der Waals surface area contributed by atoms with Gasteiger partial charge in [-0.1, -0.05) is 23.7 Å². The average Bonchev–Trinajstić information content (AvgIpc) is 2.72. The molecule has 0 unspecified atom stereocenters. The van der Waals surface area contributed by atoms with E-state index in [9.17, 15) is 8.42 Å². The molecule has 2 aromatic rings. The maximum Gasteiger partial charge on any atom is 0.183 e. The fourth-order valence-electron chi connectivity index (χ4n) is 1.58. The van der Waals surface area contributed by atoms with Crippen LogP contribution in [0.15, 0.2) is 30.5 Å². The molecular formula is C12H13ClN2O2S2. The number of nitrogens with one attached hydrogen (secondary N) is 1. The van der Waals surface area contributed by atoms with Gasteiger partial charge in [0.2, 0.25) is 0 Å². The lowest BCUT2D eigenvalue weighted by atomic mass is 10.2. The molecule has 0 fully saturated rings. The molecule has 1 aromatic heterocycles. The van der Waals surface area contributed by atoms with Crippen LogP contribution in [-0.4, -0.2) is 19.7 Å². The lowest BCUT2D eigenvalue weighted by molar-refractivity contribution is 0.601. The number of hydrogen-bond acceptors (Lipinski definition) is 5. The summed E-state index contributed by atoms with van der Waals surface area (Å²) in [6.45, 7) is 0.649. The molecule has 1 N–H and O–H groups in total. The molecule has 4 nitrogen and oxygen atoms in total. The summed E-state index contributed by atoms with van der Waals surface area (Å²) in [6, 6.07) is 7.35. The Labute approximate surface area is 121 Å². The highest BCUT2D eigenvalue weighted by Crippen LogP contribution is 2.19. The first-order valence-electron chi connectivity index (χ1n) is 5.53.